The Bertz CT molecular complexity index is 123. The van der Waals surface area contributed by atoms with Crippen LogP contribution in [0, 0.1) is 5.92 Å². The quantitative estimate of drug-likeness (QED) is 0.548. The van der Waals surface area contributed by atoms with Crippen molar-refractivity contribution in [3.63, 3.8) is 0 Å². The van der Waals surface area contributed by atoms with E-state index in [-0.39, 0.29) is 18.4 Å². The van der Waals surface area contributed by atoms with Crippen molar-refractivity contribution in [2.24, 2.45) is 5.92 Å². The highest BCUT2D eigenvalue weighted by atomic mass is 16.5. The van der Waals surface area contributed by atoms with Crippen LogP contribution in [-0.4, -0.2) is 37.9 Å². The predicted octanol–water partition coefficient (Wildman–Crippen LogP) is -0.233. The van der Waals surface area contributed by atoms with Gasteiger partial charge in [-0.3, -0.25) is 4.79 Å². The zero-order chi connectivity index (χ0) is 9.40. The first kappa shape index (κ1) is 11.4. The van der Waals surface area contributed by atoms with Crippen molar-refractivity contribution in [1.82, 2.24) is 5.32 Å². The minimum Gasteiger partial charge on any atom is -0.396 e. The molecule has 0 spiro atoms. The fourth-order valence-corrected chi connectivity index (χ4v) is 0.818. The summed E-state index contributed by atoms with van der Waals surface area (Å²) in [5.74, 6) is -0.376. The molecule has 0 saturated heterocycles. The fourth-order valence-electron chi connectivity index (χ4n) is 0.818. The molecule has 0 fully saturated rings. The number of aliphatic hydroxyl groups is 1. The summed E-state index contributed by atoms with van der Waals surface area (Å²) in [6, 6.07) is 0. The molecule has 72 valence electrons. The van der Waals surface area contributed by atoms with Crippen LogP contribution in [0.3, 0.4) is 0 Å². The Labute approximate surface area is 72.9 Å². The first-order valence-corrected chi connectivity index (χ1v) is 4.13. The number of ether oxygens (including phenoxy) is 1. The van der Waals surface area contributed by atoms with Crippen LogP contribution in [0.1, 0.15) is 13.3 Å². The van der Waals surface area contributed by atoms with Crippen molar-refractivity contribution < 1.29 is 14.6 Å². The first-order valence-electron chi connectivity index (χ1n) is 4.13. The standard InChI is InChI=1S/C8H17NO3/c1-3-7(6-10)8(11)9-4-5-12-2/h7,10H,3-6H2,1-2H3,(H,9,11). The molecule has 0 rings (SSSR count). The minimum absolute atomic E-state index is 0.0880. The van der Waals surface area contributed by atoms with Crippen molar-refractivity contribution in [3.8, 4) is 0 Å². The minimum atomic E-state index is -0.276. The van der Waals surface area contributed by atoms with Crippen molar-refractivity contribution in [1.29, 1.82) is 0 Å². The average Bonchev–Trinajstić information content (AvgIpc) is 2.07. The molecule has 4 heteroatoms. The molecule has 4 nitrogen and oxygen atoms in total. The Morgan fingerprint density at radius 2 is 2.33 bits per heavy atom. The molecule has 2 N–H and O–H groups in total. The Morgan fingerprint density at radius 3 is 2.75 bits per heavy atom. The second-order valence-electron chi connectivity index (χ2n) is 2.57. The van der Waals surface area contributed by atoms with Gasteiger partial charge in [-0.1, -0.05) is 6.92 Å². The number of rotatable bonds is 6. The molecule has 0 aliphatic carbocycles. The van der Waals surface area contributed by atoms with Gasteiger partial charge in [0.15, 0.2) is 0 Å². The summed E-state index contributed by atoms with van der Waals surface area (Å²) in [4.78, 5) is 11.2. The third kappa shape index (κ3) is 4.31. The maximum Gasteiger partial charge on any atom is 0.225 e. The smallest absolute Gasteiger partial charge is 0.225 e. The zero-order valence-electron chi connectivity index (χ0n) is 7.67. The van der Waals surface area contributed by atoms with Crippen LogP contribution >= 0.6 is 0 Å². The Kier molecular flexibility index (Phi) is 6.70. The maximum atomic E-state index is 11.2. The number of hydrogen-bond donors (Lipinski definition) is 2. The molecule has 1 atom stereocenters. The number of aliphatic hydroxyl groups excluding tert-OH is 1. The second kappa shape index (κ2) is 7.06. The summed E-state index contributed by atoms with van der Waals surface area (Å²) in [7, 11) is 1.58. The van der Waals surface area contributed by atoms with Gasteiger partial charge < -0.3 is 15.2 Å². The third-order valence-corrected chi connectivity index (χ3v) is 1.69. The molecule has 1 unspecified atom stereocenters. The van der Waals surface area contributed by atoms with Gasteiger partial charge in [0, 0.05) is 13.7 Å². The van der Waals surface area contributed by atoms with Gasteiger partial charge in [0.25, 0.3) is 0 Å². The number of nitrogens with one attached hydrogen (secondary N) is 1. The average molecular weight is 175 g/mol. The summed E-state index contributed by atoms with van der Waals surface area (Å²) < 4.78 is 4.76. The monoisotopic (exact) mass is 175 g/mol. The van der Waals surface area contributed by atoms with Crippen LogP contribution in [0.2, 0.25) is 0 Å². The summed E-state index contributed by atoms with van der Waals surface area (Å²) in [6.07, 6.45) is 0.662. The van der Waals surface area contributed by atoms with E-state index in [2.05, 4.69) is 5.32 Å². The van der Waals surface area contributed by atoms with Crippen LogP contribution in [0.25, 0.3) is 0 Å². The van der Waals surface area contributed by atoms with Gasteiger partial charge in [0.1, 0.15) is 0 Å². The van der Waals surface area contributed by atoms with E-state index in [1.54, 1.807) is 7.11 Å². The number of carbonyl (C=O) groups excluding carboxylic acids is 1. The number of methoxy groups -OCH3 is 1. The van der Waals surface area contributed by atoms with Gasteiger partial charge in [-0.25, -0.2) is 0 Å². The lowest BCUT2D eigenvalue weighted by atomic mass is 10.1. The van der Waals surface area contributed by atoms with Crippen molar-refractivity contribution in [3.05, 3.63) is 0 Å². The van der Waals surface area contributed by atoms with E-state index >= 15 is 0 Å². The lowest BCUT2D eigenvalue weighted by Gasteiger charge is -2.11. The highest BCUT2D eigenvalue weighted by Gasteiger charge is 2.13. The molecule has 1 amide bonds. The second-order valence-corrected chi connectivity index (χ2v) is 2.57. The number of amides is 1. The maximum absolute atomic E-state index is 11.2. The summed E-state index contributed by atoms with van der Waals surface area (Å²) in [5.41, 5.74) is 0. The Balaban J connectivity index is 3.54. The Morgan fingerprint density at radius 1 is 1.67 bits per heavy atom. The lowest BCUT2D eigenvalue weighted by Crippen LogP contribution is -2.34. The van der Waals surface area contributed by atoms with Crippen LogP contribution in [0.5, 0.6) is 0 Å². The first-order chi connectivity index (χ1) is 5.76. The van der Waals surface area contributed by atoms with Crippen LogP contribution in [0.15, 0.2) is 0 Å². The summed E-state index contributed by atoms with van der Waals surface area (Å²) in [6.45, 7) is 2.80. The van der Waals surface area contributed by atoms with E-state index in [4.69, 9.17) is 9.84 Å². The van der Waals surface area contributed by atoms with Crippen molar-refractivity contribution >= 4 is 5.91 Å². The van der Waals surface area contributed by atoms with Crippen molar-refractivity contribution in [2.45, 2.75) is 13.3 Å². The number of carbonyl (C=O) groups is 1. The molecule has 0 aromatic heterocycles. The number of hydrogen-bond acceptors (Lipinski definition) is 3. The molecule has 0 aromatic rings. The molecule has 0 bridgehead atoms. The predicted molar refractivity (Wildman–Crippen MR) is 45.8 cm³/mol. The third-order valence-electron chi connectivity index (χ3n) is 1.69. The van der Waals surface area contributed by atoms with Gasteiger partial charge >= 0.3 is 0 Å². The normalized spacial score (nSPS) is 12.6. The molecule has 0 aliphatic rings. The van der Waals surface area contributed by atoms with E-state index in [1.165, 1.54) is 0 Å². The van der Waals surface area contributed by atoms with E-state index in [0.717, 1.165) is 0 Å². The van der Waals surface area contributed by atoms with Crippen molar-refractivity contribution in [2.75, 3.05) is 26.9 Å². The molecule has 0 saturated carbocycles. The molecule has 0 aromatic carbocycles. The van der Waals surface area contributed by atoms with Crippen LogP contribution in [0.4, 0.5) is 0 Å². The fraction of sp³-hybridized carbons (Fsp3) is 0.875. The molecule has 0 radical (unpaired) electrons. The molecular weight excluding hydrogens is 158 g/mol. The molecular formula is C8H17NO3. The summed E-state index contributed by atoms with van der Waals surface area (Å²) >= 11 is 0. The van der Waals surface area contributed by atoms with Crippen LogP contribution < -0.4 is 5.32 Å². The zero-order valence-corrected chi connectivity index (χ0v) is 7.67. The van der Waals surface area contributed by atoms with E-state index < -0.39 is 0 Å². The highest BCUT2D eigenvalue weighted by molar-refractivity contribution is 5.78. The van der Waals surface area contributed by atoms with Gasteiger partial charge in [0.05, 0.1) is 19.1 Å². The van der Waals surface area contributed by atoms with Crippen LogP contribution in [-0.2, 0) is 9.53 Å². The van der Waals surface area contributed by atoms with Gasteiger partial charge in [-0.2, -0.15) is 0 Å². The molecule has 0 aliphatic heterocycles. The van der Waals surface area contributed by atoms with Gasteiger partial charge in [0.2, 0.25) is 5.91 Å². The van der Waals surface area contributed by atoms with E-state index in [9.17, 15) is 4.79 Å². The Hall–Kier alpha value is -0.610. The topological polar surface area (TPSA) is 58.6 Å². The lowest BCUT2D eigenvalue weighted by molar-refractivity contribution is -0.126. The van der Waals surface area contributed by atoms with Gasteiger partial charge in [-0.15, -0.1) is 0 Å². The molecule has 12 heavy (non-hydrogen) atoms. The summed E-state index contributed by atoms with van der Waals surface area (Å²) in [5, 5.41) is 11.4. The van der Waals surface area contributed by atoms with E-state index in [0.29, 0.717) is 19.6 Å². The molecule has 0 heterocycles. The van der Waals surface area contributed by atoms with E-state index in [1.807, 2.05) is 6.92 Å². The highest BCUT2D eigenvalue weighted by Crippen LogP contribution is 1.99. The van der Waals surface area contributed by atoms with Gasteiger partial charge in [-0.05, 0) is 6.42 Å². The SMILES string of the molecule is CCC(CO)C(=O)NCCOC. The largest absolute Gasteiger partial charge is 0.396 e.